The minimum Gasteiger partial charge on any atom is -0.481 e. The van der Waals surface area contributed by atoms with E-state index in [2.05, 4.69) is 22.5 Å². The van der Waals surface area contributed by atoms with Crippen molar-refractivity contribution in [3.8, 4) is 0 Å². The molecule has 7 nitrogen and oxygen atoms in total. The number of thioether (sulfide) groups is 1. The highest BCUT2D eigenvalue weighted by Gasteiger charge is 2.76. The lowest BCUT2D eigenvalue weighted by Crippen LogP contribution is -2.58. The van der Waals surface area contributed by atoms with Gasteiger partial charge in [-0.15, -0.1) is 18.3 Å². The van der Waals surface area contributed by atoms with Crippen LogP contribution >= 0.6 is 27.7 Å². The van der Waals surface area contributed by atoms with Crippen LogP contribution in [-0.2, 0) is 14.4 Å². The van der Waals surface area contributed by atoms with E-state index in [1.807, 2.05) is 56.3 Å². The number of carboxylic acid groups (broad SMARTS) is 1. The summed E-state index contributed by atoms with van der Waals surface area (Å²) >= 11 is 5.15. The maximum Gasteiger partial charge on any atom is 0.308 e. The molecule has 3 heterocycles. The molecule has 2 amide bonds. The third-order valence-electron chi connectivity index (χ3n) is 8.22. The fourth-order valence-electron chi connectivity index (χ4n) is 6.79. The van der Waals surface area contributed by atoms with Gasteiger partial charge in [-0.1, -0.05) is 66.2 Å². The number of alkyl halides is 1. The Morgan fingerprint density at radius 3 is 2.61 bits per heavy atom. The van der Waals surface area contributed by atoms with Crippen LogP contribution in [-0.4, -0.2) is 73.0 Å². The van der Waals surface area contributed by atoms with Crippen molar-refractivity contribution in [1.82, 2.24) is 4.90 Å². The summed E-state index contributed by atoms with van der Waals surface area (Å²) in [5.41, 5.74) is 0.688. The summed E-state index contributed by atoms with van der Waals surface area (Å²) in [6, 6.07) is 12.2. The fraction of sp³-hybridized carbons (Fsp3) is 0.483. The number of carboxylic acids is 1. The van der Waals surface area contributed by atoms with Gasteiger partial charge in [-0.3, -0.25) is 14.4 Å². The molecule has 1 spiro atoms. The van der Waals surface area contributed by atoms with E-state index in [-0.39, 0.29) is 41.0 Å². The zero-order valence-electron chi connectivity index (χ0n) is 21.5. The number of aliphatic hydroxyl groups excluding tert-OH is 1. The highest BCUT2D eigenvalue weighted by atomic mass is 79.9. The van der Waals surface area contributed by atoms with Crippen LogP contribution in [0.4, 0.5) is 5.69 Å². The van der Waals surface area contributed by atoms with Gasteiger partial charge in [0.1, 0.15) is 6.04 Å². The van der Waals surface area contributed by atoms with Crippen LogP contribution in [0.1, 0.15) is 26.7 Å². The molecule has 2 aromatic carbocycles. The number of halogens is 1. The summed E-state index contributed by atoms with van der Waals surface area (Å²) in [4.78, 5) is 44.3. The minimum atomic E-state index is -1.01. The molecule has 3 unspecified atom stereocenters. The van der Waals surface area contributed by atoms with E-state index in [1.54, 1.807) is 15.9 Å². The number of amides is 2. The standard InChI is InChI=1S/C29H33BrN2O5S/c1-4-11-31(19-10-9-17-7-5-6-8-18(17)13-19)27(35)25-29-14-21(30)24(38-29)22(28(36)37)23(29)26(34)32(25)20(15-33)12-16(2)3/h4-10,13,16,20-25,33H,1,11-12,14-15H2,2-3H3,(H,36,37)/t20-,21?,22-,23+,24-,25?,29?/m1/s1. The summed E-state index contributed by atoms with van der Waals surface area (Å²) in [7, 11) is 0. The van der Waals surface area contributed by atoms with Gasteiger partial charge < -0.3 is 20.0 Å². The molecule has 0 aliphatic carbocycles. The van der Waals surface area contributed by atoms with Gasteiger partial charge in [-0.05, 0) is 41.7 Å². The molecule has 0 aromatic heterocycles. The Morgan fingerprint density at radius 2 is 1.97 bits per heavy atom. The van der Waals surface area contributed by atoms with E-state index in [4.69, 9.17) is 0 Å². The highest BCUT2D eigenvalue weighted by molar-refractivity contribution is 9.09. The zero-order valence-corrected chi connectivity index (χ0v) is 23.9. The zero-order chi connectivity index (χ0) is 27.4. The second kappa shape index (κ2) is 10.3. The SMILES string of the molecule is C=CCN(C(=O)C1N([C@@H](CO)CC(C)C)C(=O)[C@@H]2[C@@H](C(=O)O)[C@@H]3SC12CC3Br)c1ccc2ccccc2c1. The lowest BCUT2D eigenvalue weighted by Gasteiger charge is -2.40. The summed E-state index contributed by atoms with van der Waals surface area (Å²) in [6.07, 6.45) is 2.68. The predicted octanol–water partition coefficient (Wildman–Crippen LogP) is 4.32. The third kappa shape index (κ3) is 4.18. The van der Waals surface area contributed by atoms with Gasteiger partial charge in [-0.25, -0.2) is 0 Å². The van der Waals surface area contributed by atoms with E-state index in [9.17, 15) is 24.6 Å². The molecule has 0 saturated carbocycles. The minimum absolute atomic E-state index is 0.126. The van der Waals surface area contributed by atoms with Gasteiger partial charge in [0.05, 0.1) is 29.2 Å². The van der Waals surface area contributed by atoms with Crippen molar-refractivity contribution in [3.05, 3.63) is 55.1 Å². The van der Waals surface area contributed by atoms with E-state index >= 15 is 0 Å². The molecule has 7 atom stereocenters. The largest absolute Gasteiger partial charge is 0.481 e. The number of hydrogen-bond acceptors (Lipinski definition) is 5. The number of nitrogens with zero attached hydrogens (tertiary/aromatic N) is 2. The van der Waals surface area contributed by atoms with Crippen molar-refractivity contribution in [2.24, 2.45) is 17.8 Å². The number of aliphatic carboxylic acids is 1. The molecule has 202 valence electrons. The van der Waals surface area contributed by atoms with Crippen LogP contribution < -0.4 is 4.90 Å². The number of anilines is 1. The first-order valence-electron chi connectivity index (χ1n) is 13.0. The molecule has 9 heteroatoms. The Kier molecular flexibility index (Phi) is 7.39. The lowest BCUT2D eigenvalue weighted by molar-refractivity contribution is -0.149. The molecular formula is C29H33BrN2O5S. The first kappa shape index (κ1) is 27.2. The average molecular weight is 602 g/mol. The smallest absolute Gasteiger partial charge is 0.308 e. The van der Waals surface area contributed by atoms with Gasteiger partial charge in [0, 0.05) is 22.3 Å². The van der Waals surface area contributed by atoms with Gasteiger partial charge in [-0.2, -0.15) is 0 Å². The van der Waals surface area contributed by atoms with Crippen molar-refractivity contribution in [2.45, 2.75) is 53.6 Å². The molecule has 2 N–H and O–H groups in total. The molecule has 2 aromatic rings. The normalized spacial score (nSPS) is 30.6. The van der Waals surface area contributed by atoms with Crippen molar-refractivity contribution in [2.75, 3.05) is 18.1 Å². The van der Waals surface area contributed by atoms with Crippen molar-refractivity contribution in [1.29, 1.82) is 0 Å². The number of aliphatic hydroxyl groups is 1. The first-order chi connectivity index (χ1) is 18.1. The van der Waals surface area contributed by atoms with Crippen molar-refractivity contribution < 1.29 is 24.6 Å². The van der Waals surface area contributed by atoms with Crippen LogP contribution in [0.15, 0.2) is 55.1 Å². The molecule has 2 bridgehead atoms. The van der Waals surface area contributed by atoms with E-state index < -0.39 is 34.6 Å². The third-order valence-corrected chi connectivity index (χ3v) is 11.4. The number of hydrogen-bond donors (Lipinski definition) is 2. The van der Waals surface area contributed by atoms with Crippen molar-refractivity contribution >= 4 is 61.9 Å². The van der Waals surface area contributed by atoms with Crippen LogP contribution in [0, 0.1) is 17.8 Å². The number of benzene rings is 2. The molecule has 0 radical (unpaired) electrons. The van der Waals surface area contributed by atoms with Crippen molar-refractivity contribution in [3.63, 3.8) is 0 Å². The molecule has 38 heavy (non-hydrogen) atoms. The maximum atomic E-state index is 14.7. The summed E-state index contributed by atoms with van der Waals surface area (Å²) in [5, 5.41) is 22.3. The van der Waals surface area contributed by atoms with Gasteiger partial charge >= 0.3 is 5.97 Å². The van der Waals surface area contributed by atoms with E-state index in [0.717, 1.165) is 10.8 Å². The molecular weight excluding hydrogens is 568 g/mol. The van der Waals surface area contributed by atoms with Gasteiger partial charge in [0.15, 0.2) is 0 Å². The van der Waals surface area contributed by atoms with Crippen LogP contribution in [0.25, 0.3) is 10.8 Å². The molecule has 5 rings (SSSR count). The quantitative estimate of drug-likeness (QED) is 0.329. The first-order valence-corrected chi connectivity index (χ1v) is 14.8. The lowest BCUT2D eigenvalue weighted by atomic mass is 9.71. The van der Waals surface area contributed by atoms with Gasteiger partial charge in [0.25, 0.3) is 5.91 Å². The second-order valence-corrected chi connectivity index (χ2v) is 13.7. The van der Waals surface area contributed by atoms with Gasteiger partial charge in [0.2, 0.25) is 5.91 Å². The number of likely N-dealkylation sites (tertiary alicyclic amines) is 1. The Balaban J connectivity index is 1.64. The Labute approximate surface area is 235 Å². The number of rotatable bonds is 9. The van der Waals surface area contributed by atoms with E-state index in [0.29, 0.717) is 18.5 Å². The Morgan fingerprint density at radius 1 is 1.26 bits per heavy atom. The summed E-state index contributed by atoms with van der Waals surface area (Å²) in [5.74, 6) is -3.15. The average Bonchev–Trinajstić information content (AvgIpc) is 3.48. The van der Waals surface area contributed by atoms with Crippen LogP contribution in [0.5, 0.6) is 0 Å². The highest BCUT2D eigenvalue weighted by Crippen LogP contribution is 2.68. The summed E-state index contributed by atoms with van der Waals surface area (Å²) < 4.78 is -0.892. The monoisotopic (exact) mass is 600 g/mol. The fourth-order valence-corrected chi connectivity index (χ4v) is 10.4. The maximum absolute atomic E-state index is 14.7. The number of carbonyl (C=O) groups excluding carboxylic acids is 2. The van der Waals surface area contributed by atoms with Crippen LogP contribution in [0.3, 0.4) is 0 Å². The summed E-state index contributed by atoms with van der Waals surface area (Å²) in [6.45, 7) is 7.83. The predicted molar refractivity (Wildman–Crippen MR) is 154 cm³/mol. The molecule has 3 saturated heterocycles. The topological polar surface area (TPSA) is 98.2 Å². The molecule has 3 aliphatic heterocycles. The van der Waals surface area contributed by atoms with Crippen LogP contribution in [0.2, 0.25) is 0 Å². The number of fused-ring (bicyclic) bond motifs is 2. The Bertz CT molecular complexity index is 1290. The van der Waals surface area contributed by atoms with E-state index in [1.165, 1.54) is 11.8 Å². The molecule has 3 fully saturated rings. The molecule has 3 aliphatic rings. The second-order valence-electron chi connectivity index (χ2n) is 11.0. The Hall–Kier alpha value is -2.36. The number of carbonyl (C=O) groups is 3.